The topological polar surface area (TPSA) is 24.5 Å². The maximum atomic E-state index is 6.07. The molecule has 0 radical (unpaired) electrons. The summed E-state index contributed by atoms with van der Waals surface area (Å²) in [5, 5.41) is 4.27. The van der Waals surface area contributed by atoms with Crippen molar-refractivity contribution in [1.82, 2.24) is 5.32 Å². The molecule has 2 aromatic rings. The summed E-state index contributed by atoms with van der Waals surface area (Å²) in [6, 6.07) is 17.6. The van der Waals surface area contributed by atoms with Crippen LogP contribution in [0.5, 0.6) is 5.75 Å². The predicted octanol–water partition coefficient (Wildman–Crippen LogP) is 3.90. The van der Waals surface area contributed by atoms with Gasteiger partial charge in [-0.25, -0.2) is 0 Å². The Bertz CT molecular complexity index is 682. The molecule has 0 bridgehead atoms. The van der Waals surface area contributed by atoms with Crippen LogP contribution in [0.3, 0.4) is 0 Å². The Kier molecular flexibility index (Phi) is 4.63. The lowest BCUT2D eigenvalue weighted by molar-refractivity contribution is 0.242. The lowest BCUT2D eigenvalue weighted by Gasteiger charge is -2.45. The first-order valence-electron chi connectivity index (χ1n) is 8.76. The summed E-state index contributed by atoms with van der Waals surface area (Å²) in [6.07, 6.45) is 3.35. The van der Waals surface area contributed by atoms with Crippen LogP contribution in [-0.2, 0) is 6.42 Å². The summed E-state index contributed by atoms with van der Waals surface area (Å²) in [4.78, 5) is 2.62. The molecule has 0 saturated carbocycles. The SMILES string of the molecule is Clc1ccc(CC2COc3ccccc3N2C2CCNCC2)cc1. The maximum Gasteiger partial charge on any atom is 0.142 e. The average Bonchev–Trinajstić information content (AvgIpc) is 2.64. The minimum Gasteiger partial charge on any atom is -0.489 e. The molecule has 1 fully saturated rings. The molecule has 1 unspecified atom stereocenters. The van der Waals surface area contributed by atoms with Crippen LogP contribution in [-0.4, -0.2) is 31.8 Å². The van der Waals surface area contributed by atoms with Crippen molar-refractivity contribution in [2.45, 2.75) is 31.3 Å². The molecule has 4 rings (SSSR count). The number of benzene rings is 2. The lowest BCUT2D eigenvalue weighted by atomic mass is 9.96. The molecule has 126 valence electrons. The largest absolute Gasteiger partial charge is 0.489 e. The number of hydrogen-bond acceptors (Lipinski definition) is 3. The van der Waals surface area contributed by atoms with Gasteiger partial charge in [0.15, 0.2) is 0 Å². The van der Waals surface area contributed by atoms with E-state index in [0.29, 0.717) is 12.1 Å². The monoisotopic (exact) mass is 342 g/mol. The highest BCUT2D eigenvalue weighted by molar-refractivity contribution is 6.30. The second-order valence-electron chi connectivity index (χ2n) is 6.65. The van der Waals surface area contributed by atoms with Crippen LogP contribution in [0.25, 0.3) is 0 Å². The third-order valence-corrected chi connectivity index (χ3v) is 5.31. The van der Waals surface area contributed by atoms with Gasteiger partial charge in [0, 0.05) is 11.1 Å². The van der Waals surface area contributed by atoms with E-state index in [4.69, 9.17) is 16.3 Å². The van der Waals surface area contributed by atoms with Gasteiger partial charge in [-0.05, 0) is 62.2 Å². The first-order valence-corrected chi connectivity index (χ1v) is 9.14. The van der Waals surface area contributed by atoms with E-state index in [9.17, 15) is 0 Å². The zero-order valence-corrected chi connectivity index (χ0v) is 14.5. The van der Waals surface area contributed by atoms with Crippen LogP contribution < -0.4 is 15.0 Å². The standard InChI is InChI=1S/C20H23ClN2O/c21-16-7-5-15(6-8-16)13-18-14-24-20-4-2-1-3-19(20)23(18)17-9-11-22-12-10-17/h1-8,17-18,22H,9-14H2. The van der Waals surface area contributed by atoms with E-state index in [1.807, 2.05) is 12.1 Å². The number of halogens is 1. The molecule has 2 aliphatic rings. The fourth-order valence-electron chi connectivity index (χ4n) is 3.89. The number of para-hydroxylation sites is 2. The Labute approximate surface area is 148 Å². The number of piperidine rings is 1. The molecule has 1 atom stereocenters. The van der Waals surface area contributed by atoms with Gasteiger partial charge in [0.1, 0.15) is 12.4 Å². The van der Waals surface area contributed by atoms with Crippen molar-refractivity contribution in [2.75, 3.05) is 24.6 Å². The van der Waals surface area contributed by atoms with Crippen LogP contribution >= 0.6 is 11.6 Å². The molecule has 1 saturated heterocycles. The molecule has 2 aliphatic heterocycles. The Morgan fingerprint density at radius 3 is 2.58 bits per heavy atom. The van der Waals surface area contributed by atoms with Crippen LogP contribution in [0.1, 0.15) is 18.4 Å². The van der Waals surface area contributed by atoms with Gasteiger partial charge >= 0.3 is 0 Å². The molecule has 4 heteroatoms. The third kappa shape index (κ3) is 3.24. The molecule has 2 heterocycles. The number of fused-ring (bicyclic) bond motifs is 1. The molecule has 3 nitrogen and oxygen atoms in total. The zero-order valence-electron chi connectivity index (χ0n) is 13.7. The fourth-order valence-corrected chi connectivity index (χ4v) is 4.01. The smallest absolute Gasteiger partial charge is 0.142 e. The van der Waals surface area contributed by atoms with Crippen molar-refractivity contribution in [3.63, 3.8) is 0 Å². The summed E-state index contributed by atoms with van der Waals surface area (Å²) in [6.45, 7) is 2.93. The van der Waals surface area contributed by atoms with Crippen molar-refractivity contribution in [2.24, 2.45) is 0 Å². The number of anilines is 1. The second-order valence-corrected chi connectivity index (χ2v) is 7.09. The normalized spacial score (nSPS) is 21.2. The molecular formula is C20H23ClN2O. The van der Waals surface area contributed by atoms with E-state index in [1.54, 1.807) is 0 Å². The number of hydrogen-bond donors (Lipinski definition) is 1. The number of ether oxygens (including phenoxy) is 1. The van der Waals surface area contributed by atoms with E-state index >= 15 is 0 Å². The molecule has 2 aromatic carbocycles. The van der Waals surface area contributed by atoms with Gasteiger partial charge in [0.25, 0.3) is 0 Å². The van der Waals surface area contributed by atoms with Gasteiger partial charge in [0.05, 0.1) is 11.7 Å². The van der Waals surface area contributed by atoms with Gasteiger partial charge in [-0.15, -0.1) is 0 Å². The Morgan fingerprint density at radius 2 is 1.79 bits per heavy atom. The van der Waals surface area contributed by atoms with Crippen molar-refractivity contribution in [1.29, 1.82) is 0 Å². The average molecular weight is 343 g/mol. The molecule has 1 N–H and O–H groups in total. The fraction of sp³-hybridized carbons (Fsp3) is 0.400. The highest BCUT2D eigenvalue weighted by atomic mass is 35.5. The number of nitrogens with one attached hydrogen (secondary N) is 1. The molecule has 24 heavy (non-hydrogen) atoms. The first kappa shape index (κ1) is 15.8. The van der Waals surface area contributed by atoms with Crippen LogP contribution in [0.4, 0.5) is 5.69 Å². The Balaban J connectivity index is 1.63. The Hall–Kier alpha value is -1.71. The van der Waals surface area contributed by atoms with E-state index in [0.717, 1.165) is 36.9 Å². The van der Waals surface area contributed by atoms with Gasteiger partial charge in [-0.1, -0.05) is 35.9 Å². The summed E-state index contributed by atoms with van der Waals surface area (Å²) in [7, 11) is 0. The predicted molar refractivity (Wildman–Crippen MR) is 99.3 cm³/mol. The summed E-state index contributed by atoms with van der Waals surface area (Å²) < 4.78 is 6.07. The van der Waals surface area contributed by atoms with Crippen LogP contribution in [0.2, 0.25) is 5.02 Å². The summed E-state index contributed by atoms with van der Waals surface area (Å²) >= 11 is 6.03. The van der Waals surface area contributed by atoms with Crippen LogP contribution in [0, 0.1) is 0 Å². The van der Waals surface area contributed by atoms with Gasteiger partial charge in [-0.2, -0.15) is 0 Å². The minimum atomic E-state index is 0.365. The van der Waals surface area contributed by atoms with Gasteiger partial charge < -0.3 is 15.0 Å². The van der Waals surface area contributed by atoms with Crippen molar-refractivity contribution in [3.8, 4) is 5.75 Å². The second kappa shape index (κ2) is 7.04. The van der Waals surface area contributed by atoms with Crippen LogP contribution in [0.15, 0.2) is 48.5 Å². The molecule has 0 amide bonds. The lowest BCUT2D eigenvalue weighted by Crippen LogP contribution is -2.53. The zero-order chi connectivity index (χ0) is 16.4. The van der Waals surface area contributed by atoms with E-state index < -0.39 is 0 Å². The molecule has 0 aliphatic carbocycles. The van der Waals surface area contributed by atoms with Crippen molar-refractivity contribution < 1.29 is 4.74 Å². The van der Waals surface area contributed by atoms with E-state index in [-0.39, 0.29) is 0 Å². The minimum absolute atomic E-state index is 0.365. The van der Waals surface area contributed by atoms with E-state index in [1.165, 1.54) is 24.1 Å². The number of nitrogens with zero attached hydrogens (tertiary/aromatic N) is 1. The highest BCUT2D eigenvalue weighted by Crippen LogP contribution is 2.37. The van der Waals surface area contributed by atoms with E-state index in [2.05, 4.69) is 46.6 Å². The third-order valence-electron chi connectivity index (χ3n) is 5.05. The molecule has 0 aromatic heterocycles. The van der Waals surface area contributed by atoms with Gasteiger partial charge in [-0.3, -0.25) is 0 Å². The summed E-state index contributed by atoms with van der Waals surface area (Å²) in [5.41, 5.74) is 2.56. The highest BCUT2D eigenvalue weighted by Gasteiger charge is 2.33. The summed E-state index contributed by atoms with van der Waals surface area (Å²) in [5.74, 6) is 1.02. The van der Waals surface area contributed by atoms with Crippen molar-refractivity contribution >= 4 is 17.3 Å². The number of rotatable bonds is 3. The molecular weight excluding hydrogens is 320 g/mol. The maximum absolute atomic E-state index is 6.07. The molecule has 0 spiro atoms. The van der Waals surface area contributed by atoms with Gasteiger partial charge in [0.2, 0.25) is 0 Å². The van der Waals surface area contributed by atoms with Crippen molar-refractivity contribution in [3.05, 3.63) is 59.1 Å². The Morgan fingerprint density at radius 1 is 1.04 bits per heavy atom. The first-order chi connectivity index (χ1) is 11.8. The quantitative estimate of drug-likeness (QED) is 0.915.